The number of hydrogen-bond acceptors (Lipinski definition) is 1. The van der Waals surface area contributed by atoms with Gasteiger partial charge in [-0.15, -0.1) is 0 Å². The quantitative estimate of drug-likeness (QED) is 0.728. The van der Waals surface area contributed by atoms with Gasteiger partial charge in [0.25, 0.3) is 0 Å². The molecule has 0 aromatic heterocycles. The van der Waals surface area contributed by atoms with Crippen LogP contribution in [0.3, 0.4) is 0 Å². The molecule has 2 aliphatic rings. The molecule has 0 bridgehead atoms. The molecule has 2 aliphatic carbocycles. The zero-order valence-corrected chi connectivity index (χ0v) is 9.00. The highest BCUT2D eigenvalue weighted by atomic mass is 16.3. The normalized spacial score (nSPS) is 36.4. The molecule has 1 saturated carbocycles. The van der Waals surface area contributed by atoms with E-state index in [9.17, 15) is 5.11 Å². The molecule has 0 saturated heterocycles. The third-order valence-corrected chi connectivity index (χ3v) is 3.59. The molecule has 0 atom stereocenters. The van der Waals surface area contributed by atoms with Gasteiger partial charge in [-0.25, -0.2) is 0 Å². The summed E-state index contributed by atoms with van der Waals surface area (Å²) < 4.78 is 0. The highest BCUT2D eigenvalue weighted by Crippen LogP contribution is 2.51. The third-order valence-electron chi connectivity index (χ3n) is 3.59. The zero-order valence-electron chi connectivity index (χ0n) is 9.00. The van der Waals surface area contributed by atoms with Crippen molar-refractivity contribution in [2.24, 2.45) is 5.41 Å². The lowest BCUT2D eigenvalue weighted by molar-refractivity contribution is -0.0121. The smallest absolute Gasteiger partial charge is 0.0557 e. The van der Waals surface area contributed by atoms with Crippen LogP contribution in [0, 0.1) is 5.41 Å². The Balaban J connectivity index is 2.11. The van der Waals surface area contributed by atoms with Crippen LogP contribution in [0.25, 0.3) is 0 Å². The molecule has 0 unspecified atom stereocenters. The lowest BCUT2D eigenvalue weighted by Crippen LogP contribution is -2.42. The molecular formula is C13H20O. The predicted octanol–water partition coefficient (Wildman–Crippen LogP) is 3.20. The van der Waals surface area contributed by atoms with E-state index in [-0.39, 0.29) is 6.10 Å². The number of rotatable bonds is 3. The second-order valence-electron chi connectivity index (χ2n) is 4.73. The molecule has 14 heavy (non-hydrogen) atoms. The minimum atomic E-state index is -0.0437. The van der Waals surface area contributed by atoms with Crippen LogP contribution >= 0.6 is 0 Å². The third kappa shape index (κ3) is 1.66. The van der Waals surface area contributed by atoms with Crippen molar-refractivity contribution in [2.75, 3.05) is 0 Å². The zero-order chi connectivity index (χ0) is 10.0. The van der Waals surface area contributed by atoms with Crippen LogP contribution in [-0.4, -0.2) is 11.2 Å². The Morgan fingerprint density at radius 1 is 1.43 bits per heavy atom. The van der Waals surface area contributed by atoms with E-state index in [1.54, 1.807) is 0 Å². The Kier molecular flexibility index (Phi) is 2.78. The van der Waals surface area contributed by atoms with Gasteiger partial charge >= 0.3 is 0 Å². The number of aliphatic hydroxyl groups is 1. The van der Waals surface area contributed by atoms with Crippen LogP contribution in [0.5, 0.6) is 0 Å². The van der Waals surface area contributed by atoms with Gasteiger partial charge in [-0.05, 0) is 43.1 Å². The summed E-state index contributed by atoms with van der Waals surface area (Å²) in [5, 5.41) is 9.49. The van der Waals surface area contributed by atoms with E-state index < -0.39 is 0 Å². The minimum Gasteiger partial charge on any atom is -0.393 e. The Morgan fingerprint density at radius 2 is 2.21 bits per heavy atom. The van der Waals surface area contributed by atoms with Crippen molar-refractivity contribution in [2.45, 2.75) is 51.6 Å². The minimum absolute atomic E-state index is 0.0437. The second-order valence-corrected chi connectivity index (χ2v) is 4.73. The van der Waals surface area contributed by atoms with Crippen molar-refractivity contribution >= 4 is 0 Å². The highest BCUT2D eigenvalue weighted by Gasteiger charge is 2.44. The van der Waals surface area contributed by atoms with Gasteiger partial charge in [0.1, 0.15) is 0 Å². The van der Waals surface area contributed by atoms with E-state index >= 15 is 0 Å². The van der Waals surface area contributed by atoms with Crippen LogP contribution in [0.4, 0.5) is 0 Å². The van der Waals surface area contributed by atoms with Gasteiger partial charge < -0.3 is 5.11 Å². The Hall–Kier alpha value is -0.560. The van der Waals surface area contributed by atoms with Gasteiger partial charge in [0.05, 0.1) is 6.10 Å². The summed E-state index contributed by atoms with van der Waals surface area (Å²) in [5.74, 6) is 0. The first-order chi connectivity index (χ1) is 6.77. The fourth-order valence-electron chi connectivity index (χ4n) is 2.91. The lowest BCUT2D eigenvalue weighted by Gasteiger charge is -2.47. The van der Waals surface area contributed by atoms with E-state index in [2.05, 4.69) is 25.2 Å². The summed E-state index contributed by atoms with van der Waals surface area (Å²) in [5.41, 5.74) is 1.83. The fraction of sp³-hybridized carbons (Fsp3) is 0.692. The van der Waals surface area contributed by atoms with Crippen LogP contribution in [0.15, 0.2) is 23.8 Å². The van der Waals surface area contributed by atoms with Crippen LogP contribution < -0.4 is 0 Å². The second kappa shape index (κ2) is 3.90. The molecule has 2 rings (SSSR count). The van der Waals surface area contributed by atoms with Crippen molar-refractivity contribution < 1.29 is 5.11 Å². The first kappa shape index (κ1) is 9.97. The van der Waals surface area contributed by atoms with Crippen molar-refractivity contribution in [3.63, 3.8) is 0 Å². The van der Waals surface area contributed by atoms with Crippen molar-refractivity contribution in [3.05, 3.63) is 23.8 Å². The van der Waals surface area contributed by atoms with Gasteiger partial charge in [0, 0.05) is 0 Å². The maximum absolute atomic E-state index is 9.49. The molecule has 0 radical (unpaired) electrons. The van der Waals surface area contributed by atoms with Gasteiger partial charge in [-0.1, -0.05) is 31.6 Å². The molecular weight excluding hydrogens is 172 g/mol. The summed E-state index contributed by atoms with van der Waals surface area (Å²) in [6.07, 6.45) is 13.7. The molecule has 78 valence electrons. The molecule has 0 amide bonds. The maximum Gasteiger partial charge on any atom is 0.0557 e. The monoisotopic (exact) mass is 192 g/mol. The van der Waals surface area contributed by atoms with E-state index in [4.69, 9.17) is 0 Å². The Labute approximate surface area is 86.5 Å². The molecule has 0 heterocycles. The molecule has 1 fully saturated rings. The highest BCUT2D eigenvalue weighted by molar-refractivity contribution is 5.32. The molecule has 0 aromatic carbocycles. The molecule has 0 aliphatic heterocycles. The standard InChI is InChI=1S/C13H20O/c1-2-8-13(9-12(14)10-13)11-6-4-3-5-7-11/h4,6-7,12,14H,2-3,5,8-10H2,1H3. The summed E-state index contributed by atoms with van der Waals surface area (Å²) in [7, 11) is 0. The largest absolute Gasteiger partial charge is 0.393 e. The van der Waals surface area contributed by atoms with Crippen LogP contribution in [-0.2, 0) is 0 Å². The molecule has 0 aromatic rings. The van der Waals surface area contributed by atoms with E-state index in [1.807, 2.05) is 0 Å². The first-order valence-electron chi connectivity index (χ1n) is 5.82. The maximum atomic E-state index is 9.49. The molecule has 1 heteroatoms. The summed E-state index contributed by atoms with van der Waals surface area (Å²) in [6.45, 7) is 2.24. The van der Waals surface area contributed by atoms with E-state index in [0.717, 1.165) is 12.8 Å². The Bertz CT molecular complexity index is 251. The van der Waals surface area contributed by atoms with Crippen LogP contribution in [0.2, 0.25) is 0 Å². The molecule has 1 nitrogen and oxygen atoms in total. The summed E-state index contributed by atoms with van der Waals surface area (Å²) in [6, 6.07) is 0. The van der Waals surface area contributed by atoms with Gasteiger partial charge in [0.15, 0.2) is 0 Å². The molecule has 0 spiro atoms. The predicted molar refractivity (Wildman–Crippen MR) is 59.0 cm³/mol. The number of aliphatic hydroxyl groups excluding tert-OH is 1. The van der Waals surface area contributed by atoms with Gasteiger partial charge in [-0.2, -0.15) is 0 Å². The number of allylic oxidation sites excluding steroid dienone is 4. The van der Waals surface area contributed by atoms with E-state index in [1.165, 1.54) is 31.3 Å². The van der Waals surface area contributed by atoms with Crippen LogP contribution in [0.1, 0.15) is 45.4 Å². The SMILES string of the molecule is CCCC1(C2=CCCC=C2)CC(O)C1. The molecule has 1 N–H and O–H groups in total. The van der Waals surface area contributed by atoms with Crippen molar-refractivity contribution in [3.8, 4) is 0 Å². The van der Waals surface area contributed by atoms with Crippen molar-refractivity contribution in [1.82, 2.24) is 0 Å². The average Bonchev–Trinajstić information content (AvgIpc) is 2.17. The topological polar surface area (TPSA) is 20.2 Å². The first-order valence-corrected chi connectivity index (χ1v) is 5.82. The van der Waals surface area contributed by atoms with E-state index in [0.29, 0.717) is 5.41 Å². The van der Waals surface area contributed by atoms with Gasteiger partial charge in [-0.3, -0.25) is 0 Å². The summed E-state index contributed by atoms with van der Waals surface area (Å²) >= 11 is 0. The fourth-order valence-corrected chi connectivity index (χ4v) is 2.91. The van der Waals surface area contributed by atoms with Gasteiger partial charge in [0.2, 0.25) is 0 Å². The summed E-state index contributed by atoms with van der Waals surface area (Å²) in [4.78, 5) is 0. The number of hydrogen-bond donors (Lipinski definition) is 1. The van der Waals surface area contributed by atoms with Crippen molar-refractivity contribution in [1.29, 1.82) is 0 Å². The Morgan fingerprint density at radius 3 is 2.71 bits per heavy atom. The average molecular weight is 192 g/mol. The lowest BCUT2D eigenvalue weighted by atomic mass is 9.59.